The van der Waals surface area contributed by atoms with E-state index >= 15 is 0 Å². The predicted molar refractivity (Wildman–Crippen MR) is 65.0 cm³/mol. The molecule has 0 heterocycles. The summed E-state index contributed by atoms with van der Waals surface area (Å²) in [7, 11) is 0. The fraction of sp³-hybridized carbons (Fsp3) is 0.923. The van der Waals surface area contributed by atoms with Crippen molar-refractivity contribution in [1.29, 1.82) is 0 Å². The molecule has 1 amide bonds. The zero-order valence-corrected chi connectivity index (χ0v) is 11.0. The van der Waals surface area contributed by atoms with Crippen molar-refractivity contribution in [1.82, 2.24) is 5.32 Å². The third-order valence-corrected chi connectivity index (χ3v) is 3.92. The van der Waals surface area contributed by atoms with Crippen molar-refractivity contribution < 1.29 is 9.90 Å². The monoisotopic (exact) mass is 227 g/mol. The first kappa shape index (κ1) is 13.5. The average Bonchev–Trinajstić information content (AvgIpc) is 2.94. The van der Waals surface area contributed by atoms with Gasteiger partial charge in [0.1, 0.15) is 0 Å². The Morgan fingerprint density at radius 1 is 1.44 bits per heavy atom. The van der Waals surface area contributed by atoms with Crippen LogP contribution in [0, 0.1) is 16.7 Å². The van der Waals surface area contributed by atoms with Gasteiger partial charge in [-0.25, -0.2) is 0 Å². The Labute approximate surface area is 98.6 Å². The quantitative estimate of drug-likeness (QED) is 0.754. The van der Waals surface area contributed by atoms with Crippen molar-refractivity contribution in [2.75, 3.05) is 13.2 Å². The fourth-order valence-electron chi connectivity index (χ4n) is 1.51. The highest BCUT2D eigenvalue weighted by Gasteiger charge is 2.42. The van der Waals surface area contributed by atoms with Crippen LogP contribution >= 0.6 is 0 Å². The summed E-state index contributed by atoms with van der Waals surface area (Å²) in [5.41, 5.74) is 0.187. The van der Waals surface area contributed by atoms with Crippen LogP contribution < -0.4 is 5.32 Å². The Bertz CT molecular complexity index is 251. The van der Waals surface area contributed by atoms with Crippen LogP contribution in [0.15, 0.2) is 0 Å². The number of carbonyl (C=O) groups is 1. The molecular weight excluding hydrogens is 202 g/mol. The minimum absolute atomic E-state index is 0.0145. The molecule has 0 radical (unpaired) electrons. The molecule has 1 rings (SSSR count). The molecule has 1 atom stereocenters. The molecule has 2 N–H and O–H groups in total. The van der Waals surface area contributed by atoms with Crippen LogP contribution in [0.25, 0.3) is 0 Å². The van der Waals surface area contributed by atoms with E-state index < -0.39 is 0 Å². The van der Waals surface area contributed by atoms with Crippen LogP contribution in [0.1, 0.15) is 47.0 Å². The molecule has 16 heavy (non-hydrogen) atoms. The van der Waals surface area contributed by atoms with Crippen LogP contribution in [-0.4, -0.2) is 24.2 Å². The molecule has 1 unspecified atom stereocenters. The van der Waals surface area contributed by atoms with Crippen LogP contribution in [-0.2, 0) is 4.79 Å². The van der Waals surface area contributed by atoms with E-state index in [0.29, 0.717) is 18.9 Å². The topological polar surface area (TPSA) is 49.3 Å². The van der Waals surface area contributed by atoms with E-state index in [0.717, 1.165) is 12.8 Å². The lowest BCUT2D eigenvalue weighted by molar-refractivity contribution is -0.123. The Morgan fingerprint density at radius 3 is 2.38 bits per heavy atom. The molecule has 1 saturated carbocycles. The molecular formula is C13H25NO2. The maximum Gasteiger partial charge on any atom is 0.220 e. The molecule has 0 aromatic carbocycles. The first-order valence-corrected chi connectivity index (χ1v) is 6.17. The molecule has 0 saturated heterocycles. The van der Waals surface area contributed by atoms with Gasteiger partial charge in [-0.3, -0.25) is 4.79 Å². The van der Waals surface area contributed by atoms with Crippen LogP contribution in [0.2, 0.25) is 0 Å². The smallest absolute Gasteiger partial charge is 0.220 e. The third kappa shape index (κ3) is 3.78. The molecule has 1 fully saturated rings. The second-order valence-corrected chi connectivity index (χ2v) is 6.41. The largest absolute Gasteiger partial charge is 0.396 e. The molecule has 1 aliphatic rings. The minimum Gasteiger partial charge on any atom is -0.396 e. The van der Waals surface area contributed by atoms with E-state index in [-0.39, 0.29) is 23.3 Å². The maximum atomic E-state index is 11.7. The van der Waals surface area contributed by atoms with E-state index in [1.165, 1.54) is 0 Å². The van der Waals surface area contributed by atoms with E-state index in [9.17, 15) is 4.79 Å². The molecule has 3 nitrogen and oxygen atoms in total. The summed E-state index contributed by atoms with van der Waals surface area (Å²) in [6.07, 6.45) is 2.65. The lowest BCUT2D eigenvalue weighted by Gasteiger charge is -2.26. The van der Waals surface area contributed by atoms with Gasteiger partial charge < -0.3 is 10.4 Å². The van der Waals surface area contributed by atoms with Crippen molar-refractivity contribution in [3.05, 3.63) is 0 Å². The van der Waals surface area contributed by atoms with E-state index in [1.807, 2.05) is 0 Å². The number of rotatable bonds is 5. The van der Waals surface area contributed by atoms with Gasteiger partial charge >= 0.3 is 0 Å². The maximum absolute atomic E-state index is 11.7. The van der Waals surface area contributed by atoms with Crippen LogP contribution in [0.4, 0.5) is 0 Å². The Morgan fingerprint density at radius 2 is 2.00 bits per heavy atom. The van der Waals surface area contributed by atoms with E-state index in [1.54, 1.807) is 0 Å². The number of aliphatic hydroxyl groups is 1. The van der Waals surface area contributed by atoms with Gasteiger partial charge in [0.05, 0.1) is 6.61 Å². The molecule has 0 aromatic heterocycles. The summed E-state index contributed by atoms with van der Waals surface area (Å²) < 4.78 is 0. The fourth-order valence-corrected chi connectivity index (χ4v) is 1.51. The molecule has 3 heteroatoms. The second kappa shape index (κ2) is 4.74. The molecule has 0 spiro atoms. The predicted octanol–water partition coefficient (Wildman–Crippen LogP) is 1.95. The number of hydrogen-bond donors (Lipinski definition) is 2. The van der Waals surface area contributed by atoms with E-state index in [4.69, 9.17) is 5.11 Å². The molecule has 1 aliphatic carbocycles. The van der Waals surface area contributed by atoms with Gasteiger partial charge in [-0.15, -0.1) is 0 Å². The zero-order chi connectivity index (χ0) is 12.4. The molecule has 94 valence electrons. The molecule has 0 aliphatic heterocycles. The van der Waals surface area contributed by atoms with Crippen molar-refractivity contribution in [2.45, 2.75) is 47.0 Å². The highest BCUT2D eigenvalue weighted by Crippen LogP contribution is 2.44. The minimum atomic E-state index is 0.0145. The first-order chi connectivity index (χ1) is 7.29. The Hall–Kier alpha value is -0.570. The normalized spacial score (nSPS) is 20.3. The highest BCUT2D eigenvalue weighted by molar-refractivity contribution is 5.76. The van der Waals surface area contributed by atoms with Crippen molar-refractivity contribution in [3.8, 4) is 0 Å². The lowest BCUT2D eigenvalue weighted by atomic mass is 9.80. The van der Waals surface area contributed by atoms with Crippen molar-refractivity contribution in [3.63, 3.8) is 0 Å². The van der Waals surface area contributed by atoms with E-state index in [2.05, 4.69) is 33.0 Å². The molecule has 0 aromatic rings. The van der Waals surface area contributed by atoms with Crippen LogP contribution in [0.5, 0.6) is 0 Å². The highest BCUT2D eigenvalue weighted by atomic mass is 16.3. The number of aliphatic hydroxyl groups excluding tert-OH is 1. The first-order valence-electron chi connectivity index (χ1n) is 6.17. The summed E-state index contributed by atoms with van der Waals surface area (Å²) in [4.78, 5) is 11.7. The van der Waals surface area contributed by atoms with Gasteiger partial charge in [-0.2, -0.15) is 0 Å². The number of amides is 1. The Kier molecular flexibility index (Phi) is 4.00. The van der Waals surface area contributed by atoms with Crippen molar-refractivity contribution in [2.24, 2.45) is 16.7 Å². The van der Waals surface area contributed by atoms with Gasteiger partial charge in [0.25, 0.3) is 0 Å². The lowest BCUT2D eigenvalue weighted by Crippen LogP contribution is -2.34. The number of hydrogen-bond acceptors (Lipinski definition) is 2. The number of carbonyl (C=O) groups excluding carboxylic acids is 1. The summed E-state index contributed by atoms with van der Waals surface area (Å²) in [6, 6.07) is 0. The zero-order valence-electron chi connectivity index (χ0n) is 11.0. The average molecular weight is 227 g/mol. The molecule has 0 bridgehead atoms. The SMILES string of the molecule is CC(CC(=O)NCC1(CO)CC1)C(C)(C)C. The number of nitrogens with one attached hydrogen (secondary N) is 1. The van der Waals surface area contributed by atoms with Crippen molar-refractivity contribution >= 4 is 5.91 Å². The van der Waals surface area contributed by atoms with Gasteiger partial charge in [-0.05, 0) is 24.2 Å². The van der Waals surface area contributed by atoms with Gasteiger partial charge in [0.15, 0.2) is 0 Å². The van der Waals surface area contributed by atoms with Gasteiger partial charge in [-0.1, -0.05) is 27.7 Å². The summed E-state index contributed by atoms with van der Waals surface area (Å²) in [5.74, 6) is 0.485. The summed E-state index contributed by atoms with van der Waals surface area (Å²) in [5, 5.41) is 12.1. The van der Waals surface area contributed by atoms with Crippen LogP contribution in [0.3, 0.4) is 0 Å². The van der Waals surface area contributed by atoms with Gasteiger partial charge in [0.2, 0.25) is 5.91 Å². The summed E-state index contributed by atoms with van der Waals surface area (Å²) >= 11 is 0. The summed E-state index contributed by atoms with van der Waals surface area (Å²) in [6.45, 7) is 9.41. The second-order valence-electron chi connectivity index (χ2n) is 6.41. The third-order valence-electron chi connectivity index (χ3n) is 3.92. The van der Waals surface area contributed by atoms with Gasteiger partial charge in [0, 0.05) is 18.4 Å². The standard InChI is InChI=1S/C13H25NO2/c1-10(12(2,3)4)7-11(16)14-8-13(9-15)5-6-13/h10,15H,5-9H2,1-4H3,(H,14,16). The Balaban J connectivity index is 2.26.